The first-order valence-corrected chi connectivity index (χ1v) is 10.1. The van der Waals surface area contributed by atoms with Gasteiger partial charge in [0.15, 0.2) is 0 Å². The summed E-state index contributed by atoms with van der Waals surface area (Å²) in [5.74, 6) is -0.344. The zero-order valence-electron chi connectivity index (χ0n) is 17.1. The fraction of sp³-hybridized carbons (Fsp3) is 0.250. The Balaban J connectivity index is 1.59. The SMILES string of the molecule is CCOC(=O)C[C@@H](NC(=O)NCc1cccn1Cc1ccccc1)c1ccccc1. The van der Waals surface area contributed by atoms with Crippen LogP contribution in [0, 0.1) is 0 Å². The summed E-state index contributed by atoms with van der Waals surface area (Å²) in [6.07, 6.45) is 2.07. The van der Waals surface area contributed by atoms with Crippen LogP contribution in [-0.4, -0.2) is 23.2 Å². The number of carbonyl (C=O) groups is 2. The highest BCUT2D eigenvalue weighted by atomic mass is 16.5. The zero-order chi connectivity index (χ0) is 21.2. The van der Waals surface area contributed by atoms with Gasteiger partial charge >= 0.3 is 12.0 Å². The van der Waals surface area contributed by atoms with Crippen LogP contribution in [0.3, 0.4) is 0 Å². The lowest BCUT2D eigenvalue weighted by molar-refractivity contribution is -0.143. The van der Waals surface area contributed by atoms with Crippen LogP contribution in [0.1, 0.15) is 36.2 Å². The van der Waals surface area contributed by atoms with Crippen LogP contribution in [-0.2, 0) is 22.6 Å². The average molecular weight is 405 g/mol. The zero-order valence-corrected chi connectivity index (χ0v) is 17.1. The van der Waals surface area contributed by atoms with Crippen molar-refractivity contribution in [3.8, 4) is 0 Å². The minimum Gasteiger partial charge on any atom is -0.466 e. The summed E-state index contributed by atoms with van der Waals surface area (Å²) < 4.78 is 7.15. The molecule has 0 aliphatic heterocycles. The van der Waals surface area contributed by atoms with Gasteiger partial charge in [-0.15, -0.1) is 0 Å². The van der Waals surface area contributed by atoms with Crippen molar-refractivity contribution in [3.05, 3.63) is 95.8 Å². The maximum atomic E-state index is 12.5. The number of hydrogen-bond acceptors (Lipinski definition) is 3. The lowest BCUT2D eigenvalue weighted by Crippen LogP contribution is -2.38. The summed E-state index contributed by atoms with van der Waals surface area (Å²) >= 11 is 0. The van der Waals surface area contributed by atoms with Crippen LogP contribution >= 0.6 is 0 Å². The van der Waals surface area contributed by atoms with Crippen LogP contribution in [0.2, 0.25) is 0 Å². The van der Waals surface area contributed by atoms with Crippen molar-refractivity contribution in [2.24, 2.45) is 0 Å². The standard InChI is InChI=1S/C24H27N3O3/c1-2-30-23(28)16-22(20-12-7-4-8-13-20)26-24(29)25-17-21-14-9-15-27(21)18-19-10-5-3-6-11-19/h3-15,22H,2,16-18H2,1H3,(H2,25,26,29)/t22-/m1/s1. The number of esters is 1. The van der Waals surface area contributed by atoms with E-state index >= 15 is 0 Å². The van der Waals surface area contributed by atoms with Crippen molar-refractivity contribution in [1.29, 1.82) is 0 Å². The molecule has 1 heterocycles. The van der Waals surface area contributed by atoms with Crippen LogP contribution in [0.25, 0.3) is 0 Å². The molecule has 156 valence electrons. The van der Waals surface area contributed by atoms with Gasteiger partial charge in [-0.2, -0.15) is 0 Å². The number of carbonyl (C=O) groups excluding carboxylic acids is 2. The summed E-state index contributed by atoms with van der Waals surface area (Å²) in [4.78, 5) is 24.5. The molecule has 0 fully saturated rings. The predicted octanol–water partition coefficient (Wildman–Crippen LogP) is 4.03. The van der Waals surface area contributed by atoms with E-state index in [0.29, 0.717) is 13.2 Å². The molecular weight excluding hydrogens is 378 g/mol. The van der Waals surface area contributed by atoms with E-state index in [4.69, 9.17) is 4.74 Å². The molecule has 0 saturated heterocycles. The van der Waals surface area contributed by atoms with Crippen molar-refractivity contribution in [2.45, 2.75) is 32.5 Å². The van der Waals surface area contributed by atoms with Gasteiger partial charge in [0.1, 0.15) is 0 Å². The maximum absolute atomic E-state index is 12.5. The second-order valence-electron chi connectivity index (χ2n) is 6.91. The van der Waals surface area contributed by atoms with Gasteiger partial charge in [-0.25, -0.2) is 4.79 Å². The number of nitrogens with one attached hydrogen (secondary N) is 2. The number of urea groups is 1. The van der Waals surface area contributed by atoms with E-state index in [1.54, 1.807) is 6.92 Å². The van der Waals surface area contributed by atoms with Crippen LogP contribution in [0.15, 0.2) is 79.0 Å². The third kappa shape index (κ3) is 6.24. The topological polar surface area (TPSA) is 72.4 Å². The number of aromatic nitrogens is 1. The summed E-state index contributed by atoms with van der Waals surface area (Å²) in [5, 5.41) is 5.79. The normalized spacial score (nSPS) is 11.5. The van der Waals surface area contributed by atoms with Crippen LogP contribution in [0.4, 0.5) is 4.79 Å². The van der Waals surface area contributed by atoms with Gasteiger partial charge in [-0.1, -0.05) is 60.7 Å². The molecule has 30 heavy (non-hydrogen) atoms. The fourth-order valence-corrected chi connectivity index (χ4v) is 3.25. The number of benzene rings is 2. The van der Waals surface area contributed by atoms with E-state index in [0.717, 1.165) is 17.8 Å². The Morgan fingerprint density at radius 2 is 1.67 bits per heavy atom. The second kappa shape index (κ2) is 10.9. The van der Waals surface area contributed by atoms with E-state index in [1.807, 2.05) is 66.9 Å². The van der Waals surface area contributed by atoms with Gasteiger partial charge in [-0.05, 0) is 30.2 Å². The molecule has 3 rings (SSSR count). The largest absolute Gasteiger partial charge is 0.466 e. The Hall–Kier alpha value is -3.54. The van der Waals surface area contributed by atoms with Crippen LogP contribution in [0.5, 0.6) is 0 Å². The monoisotopic (exact) mass is 405 g/mol. The number of ether oxygens (including phenoxy) is 1. The molecule has 1 atom stereocenters. The van der Waals surface area contributed by atoms with Gasteiger partial charge in [0, 0.05) is 18.4 Å². The molecule has 1 aromatic heterocycles. The lowest BCUT2D eigenvalue weighted by Gasteiger charge is -2.19. The minimum atomic E-state index is -0.457. The molecule has 2 aromatic carbocycles. The molecule has 0 spiro atoms. The third-order valence-corrected chi connectivity index (χ3v) is 4.73. The fourth-order valence-electron chi connectivity index (χ4n) is 3.25. The van der Waals surface area contributed by atoms with Gasteiger partial charge < -0.3 is 19.9 Å². The minimum absolute atomic E-state index is 0.0790. The molecule has 6 nitrogen and oxygen atoms in total. The molecule has 6 heteroatoms. The maximum Gasteiger partial charge on any atom is 0.315 e. The van der Waals surface area contributed by atoms with Crippen molar-refractivity contribution in [3.63, 3.8) is 0 Å². The van der Waals surface area contributed by atoms with Gasteiger partial charge in [0.05, 0.1) is 25.6 Å². The number of nitrogens with zero attached hydrogens (tertiary/aromatic N) is 1. The Bertz CT molecular complexity index is 939. The Morgan fingerprint density at radius 1 is 0.967 bits per heavy atom. The van der Waals surface area contributed by atoms with E-state index in [2.05, 4.69) is 27.3 Å². The number of amides is 2. The quantitative estimate of drug-likeness (QED) is 0.528. The molecule has 0 bridgehead atoms. The first-order valence-electron chi connectivity index (χ1n) is 10.1. The molecular formula is C24H27N3O3. The Morgan fingerprint density at radius 3 is 2.37 bits per heavy atom. The molecule has 2 N–H and O–H groups in total. The predicted molar refractivity (Wildman–Crippen MR) is 116 cm³/mol. The Labute approximate surface area is 176 Å². The van der Waals surface area contributed by atoms with Crippen molar-refractivity contribution >= 4 is 12.0 Å². The smallest absolute Gasteiger partial charge is 0.315 e. The van der Waals surface area contributed by atoms with E-state index < -0.39 is 6.04 Å². The van der Waals surface area contributed by atoms with Gasteiger partial charge in [0.2, 0.25) is 0 Å². The second-order valence-corrected chi connectivity index (χ2v) is 6.91. The summed E-state index contributed by atoms with van der Waals surface area (Å²) in [5.41, 5.74) is 3.04. The molecule has 3 aromatic rings. The molecule has 0 aliphatic carbocycles. The van der Waals surface area contributed by atoms with E-state index in [9.17, 15) is 9.59 Å². The highest BCUT2D eigenvalue weighted by molar-refractivity contribution is 5.76. The average Bonchev–Trinajstić information content (AvgIpc) is 3.20. The first kappa shape index (κ1) is 21.2. The molecule has 0 unspecified atom stereocenters. The van der Waals surface area contributed by atoms with Gasteiger partial charge in [0.25, 0.3) is 0 Å². The van der Waals surface area contributed by atoms with Gasteiger partial charge in [-0.3, -0.25) is 4.79 Å². The highest BCUT2D eigenvalue weighted by Crippen LogP contribution is 2.17. The molecule has 0 radical (unpaired) electrons. The van der Waals surface area contributed by atoms with Crippen molar-refractivity contribution in [1.82, 2.24) is 15.2 Å². The van der Waals surface area contributed by atoms with E-state index in [-0.39, 0.29) is 18.4 Å². The highest BCUT2D eigenvalue weighted by Gasteiger charge is 2.19. The van der Waals surface area contributed by atoms with Crippen molar-refractivity contribution < 1.29 is 14.3 Å². The summed E-state index contributed by atoms with van der Waals surface area (Å²) in [6, 6.07) is 22.7. The molecule has 0 aliphatic rings. The lowest BCUT2D eigenvalue weighted by atomic mass is 10.0. The van der Waals surface area contributed by atoms with E-state index in [1.165, 1.54) is 5.56 Å². The number of hydrogen-bond donors (Lipinski definition) is 2. The third-order valence-electron chi connectivity index (χ3n) is 4.73. The molecule has 2 amide bonds. The summed E-state index contributed by atoms with van der Waals surface area (Å²) in [7, 11) is 0. The number of rotatable bonds is 9. The Kier molecular flexibility index (Phi) is 7.66. The van der Waals surface area contributed by atoms with Crippen LogP contribution < -0.4 is 10.6 Å². The van der Waals surface area contributed by atoms with Crippen molar-refractivity contribution in [2.75, 3.05) is 6.61 Å². The molecule has 0 saturated carbocycles. The first-order chi connectivity index (χ1) is 14.7. The summed E-state index contributed by atoms with van der Waals surface area (Å²) in [6.45, 7) is 3.19.